The minimum atomic E-state index is -1.03. The van der Waals surface area contributed by atoms with Gasteiger partial charge in [0.05, 0.1) is 17.7 Å². The van der Waals surface area contributed by atoms with Crippen molar-refractivity contribution in [3.8, 4) is 11.8 Å². The Labute approximate surface area is 207 Å². The van der Waals surface area contributed by atoms with Crippen molar-refractivity contribution in [3.63, 3.8) is 0 Å². The van der Waals surface area contributed by atoms with Crippen LogP contribution in [-0.2, 0) is 9.53 Å². The number of carbonyl (C=O) groups is 3. The molecular formula is C26H25N3O5S. The zero-order chi connectivity index (χ0) is 25.9. The van der Waals surface area contributed by atoms with E-state index >= 15 is 0 Å². The fourth-order valence-electron chi connectivity index (χ4n) is 3.75. The SMILES string of the molecule is CCOC(=O)c1c(NC(=O)C(C#N)=Cc2cc(C)n(-c3cccc(C(=O)O)c3)c2C)sc(C)c1C. The van der Waals surface area contributed by atoms with Crippen LogP contribution < -0.4 is 5.32 Å². The first-order valence-electron chi connectivity index (χ1n) is 10.8. The quantitative estimate of drug-likeness (QED) is 0.266. The van der Waals surface area contributed by atoms with E-state index in [1.165, 1.54) is 23.5 Å². The first-order valence-corrected chi connectivity index (χ1v) is 11.6. The molecule has 0 aliphatic heterocycles. The summed E-state index contributed by atoms with van der Waals surface area (Å²) < 4.78 is 6.98. The molecule has 2 aromatic heterocycles. The van der Waals surface area contributed by atoms with E-state index in [4.69, 9.17) is 4.74 Å². The summed E-state index contributed by atoms with van der Waals surface area (Å²) in [5.41, 5.74) is 3.87. The maximum atomic E-state index is 13.0. The molecule has 0 bridgehead atoms. The Morgan fingerprint density at radius 2 is 1.91 bits per heavy atom. The summed E-state index contributed by atoms with van der Waals surface area (Å²) >= 11 is 1.25. The van der Waals surface area contributed by atoms with Crippen molar-refractivity contribution < 1.29 is 24.2 Å². The standard InChI is InChI=1S/C26H25N3O5S/c1-6-34-26(33)22-15(3)17(5)35-24(22)28-23(30)20(13-27)11-19-10-14(2)29(16(19)4)21-9-7-8-18(12-21)25(31)32/h7-12H,6H2,1-5H3,(H,28,30)(H,31,32). The molecule has 0 fully saturated rings. The van der Waals surface area contributed by atoms with Crippen LogP contribution in [0, 0.1) is 39.0 Å². The van der Waals surface area contributed by atoms with Crippen LogP contribution in [0.5, 0.6) is 0 Å². The second-order valence-electron chi connectivity index (χ2n) is 7.85. The summed E-state index contributed by atoms with van der Waals surface area (Å²) in [6.45, 7) is 9.21. The van der Waals surface area contributed by atoms with E-state index in [1.54, 1.807) is 32.0 Å². The lowest BCUT2D eigenvalue weighted by molar-refractivity contribution is -0.112. The van der Waals surface area contributed by atoms with Crippen molar-refractivity contribution in [3.05, 3.63) is 74.4 Å². The summed E-state index contributed by atoms with van der Waals surface area (Å²) in [5, 5.41) is 22.0. The van der Waals surface area contributed by atoms with Crippen LogP contribution in [0.2, 0.25) is 0 Å². The van der Waals surface area contributed by atoms with E-state index in [0.29, 0.717) is 16.3 Å². The molecule has 0 atom stereocenters. The van der Waals surface area contributed by atoms with E-state index < -0.39 is 17.8 Å². The first kappa shape index (κ1) is 25.5. The Hall–Kier alpha value is -4.16. The zero-order valence-electron chi connectivity index (χ0n) is 20.1. The predicted molar refractivity (Wildman–Crippen MR) is 134 cm³/mol. The molecule has 1 amide bonds. The second kappa shape index (κ2) is 10.4. The van der Waals surface area contributed by atoms with Crippen LogP contribution in [0.4, 0.5) is 5.00 Å². The molecule has 9 heteroatoms. The number of hydrogen-bond acceptors (Lipinski definition) is 6. The third-order valence-electron chi connectivity index (χ3n) is 5.58. The number of carbonyl (C=O) groups excluding carboxylic acids is 2. The number of aromatic carboxylic acids is 1. The molecule has 0 radical (unpaired) electrons. The molecule has 0 unspecified atom stereocenters. The fourth-order valence-corrected chi connectivity index (χ4v) is 4.79. The molecule has 3 aromatic rings. The van der Waals surface area contributed by atoms with E-state index in [0.717, 1.165) is 21.8 Å². The molecule has 35 heavy (non-hydrogen) atoms. The lowest BCUT2D eigenvalue weighted by Crippen LogP contribution is -2.16. The van der Waals surface area contributed by atoms with Crippen LogP contribution in [0.15, 0.2) is 35.9 Å². The largest absolute Gasteiger partial charge is 0.478 e. The Morgan fingerprint density at radius 3 is 2.54 bits per heavy atom. The number of benzene rings is 1. The Kier molecular flexibility index (Phi) is 7.57. The number of nitriles is 1. The second-order valence-corrected chi connectivity index (χ2v) is 9.07. The van der Waals surface area contributed by atoms with Gasteiger partial charge in [0.15, 0.2) is 0 Å². The Bertz CT molecular complexity index is 1400. The van der Waals surface area contributed by atoms with Crippen molar-refractivity contribution >= 4 is 40.3 Å². The normalized spacial score (nSPS) is 11.1. The molecule has 2 N–H and O–H groups in total. The molecule has 3 rings (SSSR count). The highest BCUT2D eigenvalue weighted by molar-refractivity contribution is 7.16. The molecule has 0 aliphatic rings. The first-order chi connectivity index (χ1) is 16.6. The highest BCUT2D eigenvalue weighted by Gasteiger charge is 2.23. The summed E-state index contributed by atoms with van der Waals surface area (Å²) in [5.74, 6) is -2.20. The van der Waals surface area contributed by atoms with Gasteiger partial charge in [-0.3, -0.25) is 4.79 Å². The summed E-state index contributed by atoms with van der Waals surface area (Å²) in [6, 6.07) is 10.3. The van der Waals surface area contributed by atoms with Gasteiger partial charge in [0.2, 0.25) is 0 Å². The lowest BCUT2D eigenvalue weighted by Gasteiger charge is -2.10. The van der Waals surface area contributed by atoms with Crippen molar-refractivity contribution in [1.29, 1.82) is 5.26 Å². The van der Waals surface area contributed by atoms with Crippen molar-refractivity contribution in [1.82, 2.24) is 4.57 Å². The van der Waals surface area contributed by atoms with Gasteiger partial charge < -0.3 is 19.7 Å². The number of amides is 1. The smallest absolute Gasteiger partial charge is 0.341 e. The van der Waals surface area contributed by atoms with Gasteiger partial charge in [-0.15, -0.1) is 11.3 Å². The number of esters is 1. The topological polar surface area (TPSA) is 121 Å². The number of carboxylic acid groups (broad SMARTS) is 1. The summed E-state index contributed by atoms with van der Waals surface area (Å²) in [4.78, 5) is 37.6. The molecule has 8 nitrogen and oxygen atoms in total. The van der Waals surface area contributed by atoms with Crippen LogP contribution in [0.25, 0.3) is 11.8 Å². The van der Waals surface area contributed by atoms with Gasteiger partial charge in [0, 0.05) is 22.0 Å². The number of nitrogens with one attached hydrogen (secondary N) is 1. The molecule has 2 heterocycles. The number of ether oxygens (including phenoxy) is 1. The van der Waals surface area contributed by atoms with Gasteiger partial charge >= 0.3 is 11.9 Å². The number of hydrogen-bond donors (Lipinski definition) is 2. The van der Waals surface area contributed by atoms with Crippen LogP contribution in [-0.4, -0.2) is 34.1 Å². The minimum absolute atomic E-state index is 0.136. The summed E-state index contributed by atoms with van der Waals surface area (Å²) in [6.07, 6.45) is 1.48. The third kappa shape index (κ3) is 5.18. The fraction of sp³-hybridized carbons (Fsp3) is 0.231. The highest BCUT2D eigenvalue weighted by atomic mass is 32.1. The van der Waals surface area contributed by atoms with Crippen molar-refractivity contribution in [2.45, 2.75) is 34.6 Å². The van der Waals surface area contributed by atoms with Crippen LogP contribution in [0.3, 0.4) is 0 Å². The van der Waals surface area contributed by atoms with Gasteiger partial charge in [0.1, 0.15) is 16.6 Å². The highest BCUT2D eigenvalue weighted by Crippen LogP contribution is 2.33. The molecule has 0 spiro atoms. The van der Waals surface area contributed by atoms with Crippen LogP contribution in [0.1, 0.15) is 55.0 Å². The van der Waals surface area contributed by atoms with Gasteiger partial charge in [-0.05, 0) is 76.1 Å². The number of rotatable bonds is 7. The molecule has 180 valence electrons. The molecule has 0 aliphatic carbocycles. The number of thiophene rings is 1. The van der Waals surface area contributed by atoms with E-state index in [9.17, 15) is 24.8 Å². The number of anilines is 1. The van der Waals surface area contributed by atoms with Gasteiger partial charge in [-0.25, -0.2) is 9.59 Å². The van der Waals surface area contributed by atoms with E-state index in [1.807, 2.05) is 37.5 Å². The van der Waals surface area contributed by atoms with E-state index in [-0.39, 0.29) is 23.3 Å². The molecular weight excluding hydrogens is 466 g/mol. The van der Waals surface area contributed by atoms with Crippen LogP contribution >= 0.6 is 11.3 Å². The van der Waals surface area contributed by atoms with Crippen molar-refractivity contribution in [2.24, 2.45) is 0 Å². The molecule has 1 aromatic carbocycles. The minimum Gasteiger partial charge on any atom is -0.478 e. The Morgan fingerprint density at radius 1 is 1.20 bits per heavy atom. The monoisotopic (exact) mass is 491 g/mol. The Balaban J connectivity index is 1.97. The molecule has 0 saturated carbocycles. The number of aromatic nitrogens is 1. The number of carboxylic acids is 1. The van der Waals surface area contributed by atoms with E-state index in [2.05, 4.69) is 5.32 Å². The van der Waals surface area contributed by atoms with Gasteiger partial charge in [0.25, 0.3) is 5.91 Å². The van der Waals surface area contributed by atoms with Crippen molar-refractivity contribution in [2.75, 3.05) is 11.9 Å². The molecule has 0 saturated heterocycles. The third-order valence-corrected chi connectivity index (χ3v) is 6.70. The predicted octanol–water partition coefficient (Wildman–Crippen LogP) is 5.19. The number of nitrogens with zero attached hydrogens (tertiary/aromatic N) is 2. The number of aryl methyl sites for hydroxylation is 2. The van der Waals surface area contributed by atoms with Gasteiger partial charge in [-0.1, -0.05) is 6.07 Å². The average molecular weight is 492 g/mol. The van der Waals surface area contributed by atoms with Gasteiger partial charge in [-0.2, -0.15) is 5.26 Å². The average Bonchev–Trinajstić information content (AvgIpc) is 3.25. The lowest BCUT2D eigenvalue weighted by atomic mass is 10.1. The maximum Gasteiger partial charge on any atom is 0.341 e. The maximum absolute atomic E-state index is 13.0. The summed E-state index contributed by atoms with van der Waals surface area (Å²) in [7, 11) is 0. The zero-order valence-corrected chi connectivity index (χ0v) is 20.9.